The summed E-state index contributed by atoms with van der Waals surface area (Å²) in [6, 6.07) is 11.0. The molecule has 7 nitrogen and oxygen atoms in total. The molecule has 1 amide bonds. The Kier molecular flexibility index (Phi) is 4.43. The fourth-order valence-electron chi connectivity index (χ4n) is 3.22. The number of rotatable bonds is 4. The molecule has 0 fully saturated rings. The first-order valence-corrected chi connectivity index (χ1v) is 9.22. The second kappa shape index (κ2) is 6.79. The highest BCUT2D eigenvalue weighted by molar-refractivity contribution is 9.10. The van der Waals surface area contributed by atoms with Gasteiger partial charge in [-0.2, -0.15) is 0 Å². The average Bonchev–Trinajstić information content (AvgIpc) is 3.34. The van der Waals surface area contributed by atoms with Gasteiger partial charge in [0.25, 0.3) is 5.91 Å². The molecule has 2 aromatic heterocycles. The first kappa shape index (κ1) is 18.2. The zero-order valence-corrected chi connectivity index (χ0v) is 16.6. The van der Waals surface area contributed by atoms with Crippen molar-refractivity contribution in [1.82, 2.24) is 5.16 Å². The predicted octanol–water partition coefficient (Wildman–Crippen LogP) is 4.43. The van der Waals surface area contributed by atoms with Crippen LogP contribution in [0.15, 0.2) is 67.2 Å². The normalized spacial score (nSPS) is 16.9. The number of aliphatic hydroxyl groups excluding tert-OH is 1. The third-order valence-corrected chi connectivity index (χ3v) is 4.94. The number of ketones is 1. The summed E-state index contributed by atoms with van der Waals surface area (Å²) in [5.41, 5.74) is 0.553. The van der Waals surface area contributed by atoms with Crippen LogP contribution in [0.2, 0.25) is 0 Å². The number of carbonyl (C=O) groups is 2. The SMILES string of the molecule is Cc1cc(N2C(=O)C(O)=C(C(=O)c3ccc(C)o3)C2c2cccc(Br)c2)no1. The highest BCUT2D eigenvalue weighted by atomic mass is 79.9. The standard InChI is InChI=1S/C20H15BrN2O5/c1-10-6-7-14(27-10)18(24)16-17(12-4-3-5-13(21)9-12)23(20(26)19(16)25)15-8-11(2)28-22-15/h3-9,17,25H,1-2H3. The number of nitrogens with zero attached hydrogens (tertiary/aromatic N) is 2. The Hall–Kier alpha value is -3.13. The molecule has 0 saturated carbocycles. The summed E-state index contributed by atoms with van der Waals surface area (Å²) >= 11 is 3.41. The van der Waals surface area contributed by atoms with Crippen molar-refractivity contribution in [3.8, 4) is 0 Å². The monoisotopic (exact) mass is 442 g/mol. The van der Waals surface area contributed by atoms with E-state index in [1.165, 1.54) is 11.0 Å². The smallest absolute Gasteiger partial charge is 0.295 e. The van der Waals surface area contributed by atoms with Crippen molar-refractivity contribution in [3.63, 3.8) is 0 Å². The number of amides is 1. The predicted molar refractivity (Wildman–Crippen MR) is 103 cm³/mol. The summed E-state index contributed by atoms with van der Waals surface area (Å²) in [6.45, 7) is 3.40. The molecule has 8 heteroatoms. The molecular weight excluding hydrogens is 428 g/mol. The van der Waals surface area contributed by atoms with Gasteiger partial charge in [0.1, 0.15) is 11.5 Å². The molecule has 1 aliphatic rings. The zero-order valence-electron chi connectivity index (χ0n) is 15.0. The van der Waals surface area contributed by atoms with Crippen LogP contribution in [-0.4, -0.2) is 22.0 Å². The second-order valence-corrected chi connectivity index (χ2v) is 7.35. The van der Waals surface area contributed by atoms with E-state index in [4.69, 9.17) is 8.94 Å². The number of halogens is 1. The van der Waals surface area contributed by atoms with Crippen molar-refractivity contribution >= 4 is 33.4 Å². The molecule has 0 saturated heterocycles. The van der Waals surface area contributed by atoms with Crippen molar-refractivity contribution in [2.75, 3.05) is 4.90 Å². The maximum Gasteiger partial charge on any atom is 0.295 e. The van der Waals surface area contributed by atoms with Gasteiger partial charge in [-0.15, -0.1) is 0 Å². The van der Waals surface area contributed by atoms with E-state index in [0.717, 1.165) is 4.47 Å². The van der Waals surface area contributed by atoms with E-state index >= 15 is 0 Å². The number of Topliss-reactive ketones (excluding diaryl/α,β-unsaturated/α-hetero) is 1. The van der Waals surface area contributed by atoms with E-state index in [-0.39, 0.29) is 17.2 Å². The molecule has 3 aromatic rings. The molecule has 4 rings (SSSR count). The average molecular weight is 443 g/mol. The molecule has 3 heterocycles. The molecular formula is C20H15BrN2O5. The van der Waals surface area contributed by atoms with E-state index in [1.54, 1.807) is 44.2 Å². The fraction of sp³-hybridized carbons (Fsp3) is 0.150. The Morgan fingerprint density at radius 3 is 2.57 bits per heavy atom. The topological polar surface area (TPSA) is 96.8 Å². The van der Waals surface area contributed by atoms with Crippen LogP contribution in [-0.2, 0) is 4.79 Å². The van der Waals surface area contributed by atoms with Gasteiger partial charge in [-0.25, -0.2) is 0 Å². The molecule has 1 aromatic carbocycles. The number of hydrogen-bond donors (Lipinski definition) is 1. The van der Waals surface area contributed by atoms with E-state index in [1.807, 2.05) is 6.07 Å². The Bertz CT molecular complexity index is 1130. The molecule has 28 heavy (non-hydrogen) atoms. The van der Waals surface area contributed by atoms with Crippen LogP contribution < -0.4 is 4.90 Å². The molecule has 1 unspecified atom stereocenters. The fourth-order valence-corrected chi connectivity index (χ4v) is 3.64. The minimum atomic E-state index is -0.882. The summed E-state index contributed by atoms with van der Waals surface area (Å²) < 4.78 is 11.3. The van der Waals surface area contributed by atoms with Gasteiger partial charge >= 0.3 is 0 Å². The van der Waals surface area contributed by atoms with Crippen molar-refractivity contribution in [2.45, 2.75) is 19.9 Å². The molecule has 0 aliphatic carbocycles. The molecule has 1 N–H and O–H groups in total. The third-order valence-electron chi connectivity index (χ3n) is 4.44. The number of aromatic nitrogens is 1. The number of furan rings is 1. The van der Waals surface area contributed by atoms with Crippen LogP contribution in [0.4, 0.5) is 5.82 Å². The lowest BCUT2D eigenvalue weighted by Crippen LogP contribution is -2.31. The van der Waals surface area contributed by atoms with Crippen LogP contribution in [0.1, 0.15) is 33.7 Å². The van der Waals surface area contributed by atoms with Gasteiger partial charge in [-0.3, -0.25) is 14.5 Å². The first-order chi connectivity index (χ1) is 13.4. The third kappa shape index (κ3) is 2.95. The van der Waals surface area contributed by atoms with Crippen LogP contribution in [0.3, 0.4) is 0 Å². The van der Waals surface area contributed by atoms with Crippen molar-refractivity contribution in [3.05, 3.63) is 81.1 Å². The van der Waals surface area contributed by atoms with E-state index in [2.05, 4.69) is 21.1 Å². The number of anilines is 1. The lowest BCUT2D eigenvalue weighted by molar-refractivity contribution is -0.117. The van der Waals surface area contributed by atoms with Crippen LogP contribution in [0.25, 0.3) is 0 Å². The van der Waals surface area contributed by atoms with E-state index in [9.17, 15) is 14.7 Å². The van der Waals surface area contributed by atoms with Crippen molar-refractivity contribution < 1.29 is 23.6 Å². The van der Waals surface area contributed by atoms with Gasteiger partial charge in [0.05, 0.1) is 11.6 Å². The van der Waals surface area contributed by atoms with Crippen molar-refractivity contribution in [1.29, 1.82) is 0 Å². The van der Waals surface area contributed by atoms with Gasteiger partial charge < -0.3 is 14.0 Å². The van der Waals surface area contributed by atoms with Crippen LogP contribution in [0, 0.1) is 13.8 Å². The molecule has 1 aliphatic heterocycles. The maximum absolute atomic E-state index is 13.1. The Balaban J connectivity index is 1.89. The zero-order chi connectivity index (χ0) is 20.0. The minimum Gasteiger partial charge on any atom is -0.503 e. The summed E-state index contributed by atoms with van der Waals surface area (Å²) in [5.74, 6) is -0.629. The van der Waals surface area contributed by atoms with Crippen molar-refractivity contribution in [2.24, 2.45) is 0 Å². The van der Waals surface area contributed by atoms with E-state index in [0.29, 0.717) is 17.1 Å². The molecule has 0 spiro atoms. The first-order valence-electron chi connectivity index (χ1n) is 8.43. The number of hydrogen-bond acceptors (Lipinski definition) is 6. The van der Waals surface area contributed by atoms with Crippen LogP contribution in [0.5, 0.6) is 0 Å². The number of aliphatic hydroxyl groups is 1. The van der Waals surface area contributed by atoms with Gasteiger partial charge in [-0.05, 0) is 43.7 Å². The molecule has 142 valence electrons. The highest BCUT2D eigenvalue weighted by Crippen LogP contribution is 2.42. The quantitative estimate of drug-likeness (QED) is 0.600. The van der Waals surface area contributed by atoms with E-state index < -0.39 is 23.5 Å². The Morgan fingerprint density at radius 1 is 1.18 bits per heavy atom. The minimum absolute atomic E-state index is 0.0463. The molecule has 0 bridgehead atoms. The summed E-state index contributed by atoms with van der Waals surface area (Å²) in [5, 5.41) is 14.5. The van der Waals surface area contributed by atoms with Gasteiger partial charge in [0.2, 0.25) is 5.78 Å². The second-order valence-electron chi connectivity index (χ2n) is 6.43. The Labute approximate surface area is 168 Å². The maximum atomic E-state index is 13.1. The number of aryl methyl sites for hydroxylation is 2. The van der Waals surface area contributed by atoms with Gasteiger partial charge in [0.15, 0.2) is 17.3 Å². The largest absolute Gasteiger partial charge is 0.503 e. The lowest BCUT2D eigenvalue weighted by atomic mass is 9.95. The summed E-state index contributed by atoms with van der Waals surface area (Å²) in [4.78, 5) is 27.2. The van der Waals surface area contributed by atoms with Crippen LogP contribution >= 0.6 is 15.9 Å². The number of carbonyl (C=O) groups excluding carboxylic acids is 2. The molecule has 0 radical (unpaired) electrons. The molecule has 1 atom stereocenters. The van der Waals surface area contributed by atoms with Gasteiger partial charge in [0, 0.05) is 10.5 Å². The number of benzene rings is 1. The Morgan fingerprint density at radius 2 is 1.96 bits per heavy atom. The van der Waals surface area contributed by atoms with Gasteiger partial charge in [-0.1, -0.05) is 33.2 Å². The highest BCUT2D eigenvalue weighted by Gasteiger charge is 2.46. The summed E-state index contributed by atoms with van der Waals surface area (Å²) in [6.07, 6.45) is 0. The summed E-state index contributed by atoms with van der Waals surface area (Å²) in [7, 11) is 0. The lowest BCUT2D eigenvalue weighted by Gasteiger charge is -2.24.